The van der Waals surface area contributed by atoms with Crippen molar-refractivity contribution >= 4 is 6.02 Å². The number of nitrogens with two attached hydrogens (primary N) is 1. The third-order valence-corrected chi connectivity index (χ3v) is 3.88. The minimum atomic E-state index is -3.18. The van der Waals surface area contributed by atoms with E-state index in [9.17, 15) is 8.78 Å². The number of nitrogens with zero attached hydrogens (tertiary/aromatic N) is 2. The molecule has 5 nitrogen and oxygen atoms in total. The van der Waals surface area contributed by atoms with Crippen LogP contribution >= 0.6 is 0 Å². The fraction of sp³-hybridized carbons (Fsp3) is 0.333. The molecular formula is C18H19F2N3O2. The van der Waals surface area contributed by atoms with Crippen LogP contribution in [0.5, 0.6) is 5.75 Å². The number of hydrogen-bond donors (Lipinski definition) is 1. The predicted octanol–water partition coefficient (Wildman–Crippen LogP) is 3.48. The Morgan fingerprint density at radius 2 is 2.08 bits per heavy atom. The maximum atomic E-state index is 14.4. The van der Waals surface area contributed by atoms with Crippen LogP contribution in [0.2, 0.25) is 0 Å². The molecule has 0 saturated carbocycles. The zero-order chi connectivity index (χ0) is 18.0. The van der Waals surface area contributed by atoms with Gasteiger partial charge in [0, 0.05) is 23.5 Å². The van der Waals surface area contributed by atoms with E-state index in [0.29, 0.717) is 12.4 Å². The Balaban J connectivity index is 2.12. The molecule has 2 aromatic rings. The molecule has 2 N–H and O–H groups in total. The van der Waals surface area contributed by atoms with Crippen LogP contribution < -0.4 is 10.5 Å². The first kappa shape index (κ1) is 17.1. The molecule has 7 heteroatoms. The molecule has 1 aromatic heterocycles. The van der Waals surface area contributed by atoms with E-state index in [-0.39, 0.29) is 11.6 Å². The lowest BCUT2D eigenvalue weighted by molar-refractivity contribution is -0.0786. The van der Waals surface area contributed by atoms with Gasteiger partial charge in [0.2, 0.25) is 0 Å². The fourth-order valence-corrected chi connectivity index (χ4v) is 2.75. The number of aromatic nitrogens is 1. The summed E-state index contributed by atoms with van der Waals surface area (Å²) >= 11 is 0. The van der Waals surface area contributed by atoms with Crippen molar-refractivity contribution in [2.24, 2.45) is 10.7 Å². The van der Waals surface area contributed by atoms with Crippen LogP contribution in [0.1, 0.15) is 24.1 Å². The second-order valence-corrected chi connectivity index (χ2v) is 5.86. The van der Waals surface area contributed by atoms with Gasteiger partial charge in [-0.15, -0.1) is 0 Å². The minimum Gasteiger partial charge on any atom is -0.494 e. The maximum absolute atomic E-state index is 14.4. The summed E-state index contributed by atoms with van der Waals surface area (Å²) in [5.41, 5.74) is 8.36. The molecule has 2 heterocycles. The smallest absolute Gasteiger partial charge is 0.307 e. The second kappa shape index (κ2) is 6.66. The molecule has 3 rings (SSSR count). The van der Waals surface area contributed by atoms with Crippen molar-refractivity contribution in [1.82, 2.24) is 4.98 Å². The van der Waals surface area contributed by atoms with Crippen LogP contribution in [0.25, 0.3) is 11.1 Å². The van der Waals surface area contributed by atoms with Crippen molar-refractivity contribution in [1.29, 1.82) is 0 Å². The fourth-order valence-electron chi connectivity index (χ4n) is 2.75. The van der Waals surface area contributed by atoms with Crippen LogP contribution in [0, 0.1) is 6.92 Å². The average molecular weight is 347 g/mol. The first-order valence-corrected chi connectivity index (χ1v) is 7.93. The summed E-state index contributed by atoms with van der Waals surface area (Å²) in [6.45, 7) is 3.26. The van der Waals surface area contributed by atoms with Gasteiger partial charge in [0.1, 0.15) is 5.75 Å². The van der Waals surface area contributed by atoms with E-state index in [1.54, 1.807) is 31.5 Å². The van der Waals surface area contributed by atoms with Gasteiger partial charge < -0.3 is 15.2 Å². The van der Waals surface area contributed by atoms with Gasteiger partial charge in [-0.3, -0.25) is 4.98 Å². The molecule has 1 atom stereocenters. The topological polar surface area (TPSA) is 69.7 Å². The zero-order valence-electron chi connectivity index (χ0n) is 14.0. The molecular weight excluding hydrogens is 328 g/mol. The lowest BCUT2D eigenvalue weighted by Crippen LogP contribution is -2.39. The second-order valence-electron chi connectivity index (χ2n) is 5.86. The zero-order valence-corrected chi connectivity index (χ0v) is 14.0. The van der Waals surface area contributed by atoms with Gasteiger partial charge in [-0.1, -0.05) is 6.07 Å². The van der Waals surface area contributed by atoms with Gasteiger partial charge >= 0.3 is 5.92 Å². The Hall–Kier alpha value is -2.70. The van der Waals surface area contributed by atoms with Gasteiger partial charge in [-0.2, -0.15) is 0 Å². The van der Waals surface area contributed by atoms with E-state index < -0.39 is 18.6 Å². The first-order valence-electron chi connectivity index (χ1n) is 7.93. The molecule has 0 bridgehead atoms. The van der Waals surface area contributed by atoms with Gasteiger partial charge in [0.15, 0.2) is 12.6 Å². The lowest BCUT2D eigenvalue weighted by atomic mass is 9.95. The van der Waals surface area contributed by atoms with Gasteiger partial charge in [-0.05, 0) is 43.2 Å². The summed E-state index contributed by atoms with van der Waals surface area (Å²) in [6, 6.07) is 5.37. The maximum Gasteiger partial charge on any atom is 0.307 e. The van der Waals surface area contributed by atoms with Crippen LogP contribution in [-0.2, 0) is 4.74 Å². The minimum absolute atomic E-state index is 0.249. The standard InChI is InChI=1S/C18H19F2N3O2/c1-3-24-15-5-4-12(13-6-11(2)8-22-9-13)7-14(15)16-18(19,20)10-25-17(21)23-16/h4-9,16H,3,10H2,1-2H3,(H2,21,23). The van der Waals surface area contributed by atoms with Crippen molar-refractivity contribution in [2.45, 2.75) is 25.8 Å². The van der Waals surface area contributed by atoms with Crippen LogP contribution in [0.4, 0.5) is 8.78 Å². The monoisotopic (exact) mass is 347 g/mol. The predicted molar refractivity (Wildman–Crippen MR) is 90.8 cm³/mol. The van der Waals surface area contributed by atoms with E-state index in [4.69, 9.17) is 15.2 Å². The SMILES string of the molecule is CCOc1ccc(-c2cncc(C)c2)cc1C1N=C(N)OCC1(F)F. The van der Waals surface area contributed by atoms with Crippen molar-refractivity contribution in [3.05, 3.63) is 47.8 Å². The molecule has 1 unspecified atom stereocenters. The number of alkyl halides is 2. The molecule has 0 fully saturated rings. The quantitative estimate of drug-likeness (QED) is 0.919. The highest BCUT2D eigenvalue weighted by Gasteiger charge is 2.46. The third-order valence-electron chi connectivity index (χ3n) is 3.88. The van der Waals surface area contributed by atoms with Crippen LogP contribution in [0.3, 0.4) is 0 Å². The number of aliphatic imine (C=N–C) groups is 1. The van der Waals surface area contributed by atoms with Crippen molar-refractivity contribution < 1.29 is 18.3 Å². The molecule has 0 radical (unpaired) electrons. The first-order chi connectivity index (χ1) is 11.9. The molecule has 0 amide bonds. The van der Waals surface area contributed by atoms with Crippen LogP contribution in [0.15, 0.2) is 41.7 Å². The van der Waals surface area contributed by atoms with E-state index in [2.05, 4.69) is 9.98 Å². The molecule has 1 aromatic carbocycles. The van der Waals surface area contributed by atoms with E-state index in [1.165, 1.54) is 0 Å². The highest BCUT2D eigenvalue weighted by molar-refractivity contribution is 5.73. The summed E-state index contributed by atoms with van der Waals surface area (Å²) in [5, 5.41) is 0. The normalized spacial score (nSPS) is 19.0. The number of hydrogen-bond acceptors (Lipinski definition) is 5. The molecule has 1 aliphatic rings. The summed E-state index contributed by atoms with van der Waals surface area (Å²) < 4.78 is 39.0. The molecule has 25 heavy (non-hydrogen) atoms. The number of aryl methyl sites for hydroxylation is 1. The Morgan fingerprint density at radius 3 is 2.80 bits per heavy atom. The van der Waals surface area contributed by atoms with E-state index in [1.807, 2.05) is 19.1 Å². The van der Waals surface area contributed by atoms with Crippen molar-refractivity contribution in [3.8, 4) is 16.9 Å². The van der Waals surface area contributed by atoms with E-state index >= 15 is 0 Å². The number of benzene rings is 1. The molecule has 1 aliphatic heterocycles. The summed E-state index contributed by atoms with van der Waals surface area (Å²) in [6.07, 6.45) is 3.42. The number of ether oxygens (including phenoxy) is 2. The third kappa shape index (κ3) is 3.55. The molecule has 0 saturated heterocycles. The highest BCUT2D eigenvalue weighted by atomic mass is 19.3. The number of amidine groups is 1. The van der Waals surface area contributed by atoms with Crippen LogP contribution in [-0.4, -0.2) is 30.1 Å². The number of pyridine rings is 1. The van der Waals surface area contributed by atoms with Gasteiger partial charge in [0.25, 0.3) is 6.02 Å². The van der Waals surface area contributed by atoms with Gasteiger partial charge in [-0.25, -0.2) is 13.8 Å². The highest BCUT2D eigenvalue weighted by Crippen LogP contribution is 2.42. The largest absolute Gasteiger partial charge is 0.494 e. The van der Waals surface area contributed by atoms with Crippen molar-refractivity contribution in [3.63, 3.8) is 0 Å². The number of rotatable bonds is 4. The Labute approximate surface area is 144 Å². The Morgan fingerprint density at radius 1 is 1.28 bits per heavy atom. The summed E-state index contributed by atoms with van der Waals surface area (Å²) in [7, 11) is 0. The Kier molecular flexibility index (Phi) is 4.57. The average Bonchev–Trinajstić information content (AvgIpc) is 2.58. The Bertz CT molecular complexity index is 809. The summed E-state index contributed by atoms with van der Waals surface area (Å²) in [5.74, 6) is -2.83. The molecule has 132 valence electrons. The molecule has 0 aliphatic carbocycles. The van der Waals surface area contributed by atoms with Crippen molar-refractivity contribution in [2.75, 3.05) is 13.2 Å². The lowest BCUT2D eigenvalue weighted by Gasteiger charge is -2.29. The number of halogens is 2. The summed E-state index contributed by atoms with van der Waals surface area (Å²) in [4.78, 5) is 7.98. The van der Waals surface area contributed by atoms with Gasteiger partial charge in [0.05, 0.1) is 6.61 Å². The molecule has 0 spiro atoms. The van der Waals surface area contributed by atoms with E-state index in [0.717, 1.165) is 16.7 Å².